The number of hydrogen-bond donors (Lipinski definition) is 1. The van der Waals surface area contributed by atoms with Gasteiger partial charge in [0, 0.05) is 18.3 Å². The summed E-state index contributed by atoms with van der Waals surface area (Å²) in [6, 6.07) is 6.59. The van der Waals surface area contributed by atoms with E-state index in [-0.39, 0.29) is 11.4 Å². The van der Waals surface area contributed by atoms with E-state index < -0.39 is 44.6 Å². The van der Waals surface area contributed by atoms with E-state index in [1.165, 1.54) is 22.9 Å². The largest absolute Gasteiger partial charge is 0.433 e. The van der Waals surface area contributed by atoms with Gasteiger partial charge >= 0.3 is 6.18 Å². The molecule has 3 aromatic rings. The molecule has 1 aromatic carbocycles. The molecule has 1 saturated carbocycles. The van der Waals surface area contributed by atoms with Gasteiger partial charge in [0.05, 0.1) is 33.6 Å². The number of carbonyl (C=O) groups is 1. The van der Waals surface area contributed by atoms with E-state index in [9.17, 15) is 30.8 Å². The summed E-state index contributed by atoms with van der Waals surface area (Å²) in [5, 5.41) is 6.08. The Hall–Kier alpha value is -3.28. The molecule has 34 heavy (non-hydrogen) atoms. The molecule has 12 heteroatoms. The fraction of sp³-hybridized carbons (Fsp3) is 0.318. The van der Waals surface area contributed by atoms with Crippen molar-refractivity contribution >= 4 is 15.7 Å². The van der Waals surface area contributed by atoms with Crippen LogP contribution < -0.4 is 5.32 Å². The lowest BCUT2D eigenvalue weighted by atomic mass is 9.84. The van der Waals surface area contributed by atoms with Crippen LogP contribution in [0, 0.1) is 18.7 Å². The van der Waals surface area contributed by atoms with Gasteiger partial charge in [-0.1, -0.05) is 0 Å². The molecule has 2 unspecified atom stereocenters. The van der Waals surface area contributed by atoms with Gasteiger partial charge in [-0.05, 0) is 56.2 Å². The normalized spacial score (nSPS) is 18.4. The zero-order valence-electron chi connectivity index (χ0n) is 17.9. The van der Waals surface area contributed by atoms with E-state index in [4.69, 9.17) is 0 Å². The summed E-state index contributed by atoms with van der Waals surface area (Å²) < 4.78 is 78.2. The number of hydrogen-bond acceptors (Lipinski definition) is 5. The second-order valence-corrected chi connectivity index (χ2v) is 10.2. The highest BCUT2D eigenvalue weighted by atomic mass is 32.2. The molecule has 2 atom stereocenters. The van der Waals surface area contributed by atoms with Gasteiger partial charge < -0.3 is 5.32 Å². The standard InChI is InChI=1S/C22H20F4N4O3S/c1-13-14(12-30(29-13)16-4-9-20(27-11-16)22(24,25)26)10-28-21(31)18-7-8-19(18)34(32,33)17-5-2-15(23)3-6-17/h2-6,9,11-12,18-19H,7-8,10H2,1H3,(H,28,31). The molecule has 1 amide bonds. The van der Waals surface area contributed by atoms with Gasteiger partial charge in [-0.15, -0.1) is 0 Å². The first kappa shape index (κ1) is 23.9. The van der Waals surface area contributed by atoms with Gasteiger partial charge in [0.15, 0.2) is 9.84 Å². The average Bonchev–Trinajstić information content (AvgIpc) is 3.11. The molecule has 2 aromatic heterocycles. The summed E-state index contributed by atoms with van der Waals surface area (Å²) in [6.07, 6.45) is -1.19. The van der Waals surface area contributed by atoms with Gasteiger partial charge in [-0.3, -0.25) is 4.79 Å². The van der Waals surface area contributed by atoms with Gasteiger partial charge in [0.25, 0.3) is 0 Å². The molecule has 4 rings (SSSR count). The molecule has 0 saturated heterocycles. The van der Waals surface area contributed by atoms with Gasteiger partial charge in [0.1, 0.15) is 11.5 Å². The van der Waals surface area contributed by atoms with Crippen LogP contribution in [0.1, 0.15) is 29.8 Å². The summed E-state index contributed by atoms with van der Waals surface area (Å²) in [6.45, 7) is 1.75. The van der Waals surface area contributed by atoms with Crippen molar-refractivity contribution in [2.75, 3.05) is 0 Å². The Balaban J connectivity index is 1.41. The maximum Gasteiger partial charge on any atom is 0.433 e. The minimum atomic E-state index is -4.54. The highest BCUT2D eigenvalue weighted by Crippen LogP contribution is 2.37. The minimum absolute atomic E-state index is 0.0290. The number of aryl methyl sites for hydroxylation is 1. The number of pyridine rings is 1. The third-order valence-electron chi connectivity index (χ3n) is 5.84. The van der Waals surface area contributed by atoms with Gasteiger partial charge in [0.2, 0.25) is 5.91 Å². The van der Waals surface area contributed by atoms with E-state index in [0.717, 1.165) is 24.4 Å². The quantitative estimate of drug-likeness (QED) is 0.416. The van der Waals surface area contributed by atoms with Crippen molar-refractivity contribution < 1.29 is 30.8 Å². The predicted octanol–water partition coefficient (Wildman–Crippen LogP) is 3.60. The number of nitrogens with one attached hydrogen (secondary N) is 1. The molecular formula is C22H20F4N4O3S. The summed E-state index contributed by atoms with van der Waals surface area (Å²) in [4.78, 5) is 16.1. The lowest BCUT2D eigenvalue weighted by molar-refractivity contribution is -0.141. The molecular weight excluding hydrogens is 476 g/mol. The summed E-state index contributed by atoms with van der Waals surface area (Å²) in [7, 11) is -3.78. The Kier molecular flexibility index (Phi) is 6.19. The smallest absolute Gasteiger partial charge is 0.352 e. The van der Waals surface area contributed by atoms with Crippen LogP contribution in [-0.2, 0) is 27.4 Å². The van der Waals surface area contributed by atoms with Crippen molar-refractivity contribution in [3.8, 4) is 5.69 Å². The monoisotopic (exact) mass is 496 g/mol. The van der Waals surface area contributed by atoms with Crippen molar-refractivity contribution in [1.29, 1.82) is 0 Å². The maximum absolute atomic E-state index is 13.1. The zero-order valence-corrected chi connectivity index (χ0v) is 18.7. The molecule has 7 nitrogen and oxygen atoms in total. The van der Waals surface area contributed by atoms with Gasteiger partial charge in [-0.25, -0.2) is 22.5 Å². The second-order valence-electron chi connectivity index (χ2n) is 8.02. The third kappa shape index (κ3) is 4.67. The molecule has 0 spiro atoms. The first-order chi connectivity index (χ1) is 16.0. The number of amides is 1. The highest BCUT2D eigenvalue weighted by molar-refractivity contribution is 7.92. The molecule has 0 aliphatic heterocycles. The van der Waals surface area contributed by atoms with E-state index in [2.05, 4.69) is 15.4 Å². The number of alkyl halides is 3. The van der Waals surface area contributed by atoms with Crippen LogP contribution >= 0.6 is 0 Å². The highest BCUT2D eigenvalue weighted by Gasteiger charge is 2.45. The van der Waals surface area contributed by atoms with Crippen molar-refractivity contribution in [1.82, 2.24) is 20.1 Å². The summed E-state index contributed by atoms with van der Waals surface area (Å²) in [5.41, 5.74) is 0.464. The zero-order chi connectivity index (χ0) is 24.7. The maximum atomic E-state index is 13.1. The minimum Gasteiger partial charge on any atom is -0.352 e. The van der Waals surface area contributed by atoms with Crippen molar-refractivity contribution in [2.45, 2.75) is 42.6 Å². The SMILES string of the molecule is Cc1nn(-c2ccc(C(F)(F)F)nc2)cc1CNC(=O)C1CCC1S(=O)(=O)c1ccc(F)cc1. The van der Waals surface area contributed by atoms with Crippen LogP contribution in [0.15, 0.2) is 53.7 Å². The predicted molar refractivity (Wildman–Crippen MR) is 113 cm³/mol. The van der Waals surface area contributed by atoms with Crippen LogP contribution in [0.25, 0.3) is 5.69 Å². The van der Waals surface area contributed by atoms with Crippen LogP contribution in [0.2, 0.25) is 0 Å². The average molecular weight is 496 g/mol. The Morgan fingerprint density at radius 1 is 1.15 bits per heavy atom. The Morgan fingerprint density at radius 3 is 2.41 bits per heavy atom. The number of sulfone groups is 1. The molecule has 180 valence electrons. The van der Waals surface area contributed by atoms with Crippen LogP contribution in [0.5, 0.6) is 0 Å². The summed E-state index contributed by atoms with van der Waals surface area (Å²) in [5.74, 6) is -1.71. The first-order valence-electron chi connectivity index (χ1n) is 10.3. The second kappa shape index (κ2) is 8.82. The lowest BCUT2D eigenvalue weighted by Crippen LogP contribution is -2.47. The van der Waals surface area contributed by atoms with Crippen LogP contribution in [-0.4, -0.2) is 34.3 Å². The van der Waals surface area contributed by atoms with Crippen molar-refractivity contribution in [3.05, 3.63) is 71.6 Å². The Morgan fingerprint density at radius 2 is 1.85 bits per heavy atom. The first-order valence-corrected chi connectivity index (χ1v) is 11.9. The molecule has 1 N–H and O–H groups in total. The molecule has 0 radical (unpaired) electrons. The van der Waals surface area contributed by atoms with E-state index in [1.807, 2.05) is 0 Å². The number of benzene rings is 1. The number of nitrogens with zero attached hydrogens (tertiary/aromatic N) is 3. The van der Waals surface area contributed by atoms with Crippen LogP contribution in [0.3, 0.4) is 0 Å². The number of carbonyl (C=O) groups excluding carboxylic acids is 1. The Labute approximate surface area is 192 Å². The van der Waals surface area contributed by atoms with Gasteiger partial charge in [-0.2, -0.15) is 18.3 Å². The topological polar surface area (TPSA) is 93.9 Å². The fourth-order valence-electron chi connectivity index (χ4n) is 3.74. The third-order valence-corrected chi connectivity index (χ3v) is 8.14. The number of aromatic nitrogens is 3. The lowest BCUT2D eigenvalue weighted by Gasteiger charge is -2.34. The van der Waals surface area contributed by atoms with Crippen molar-refractivity contribution in [2.24, 2.45) is 5.92 Å². The molecule has 0 bridgehead atoms. The molecule has 1 aliphatic carbocycles. The number of halogens is 4. The summed E-state index contributed by atoms with van der Waals surface area (Å²) >= 11 is 0. The van der Waals surface area contributed by atoms with Crippen molar-refractivity contribution in [3.63, 3.8) is 0 Å². The molecule has 1 aliphatic rings. The molecule has 1 fully saturated rings. The number of rotatable bonds is 6. The van der Waals surface area contributed by atoms with Crippen LogP contribution in [0.4, 0.5) is 17.6 Å². The van der Waals surface area contributed by atoms with E-state index >= 15 is 0 Å². The van der Waals surface area contributed by atoms with E-state index in [0.29, 0.717) is 29.8 Å². The fourth-order valence-corrected chi connectivity index (χ4v) is 5.75. The van der Waals surface area contributed by atoms with E-state index in [1.54, 1.807) is 13.1 Å². The Bertz CT molecular complexity index is 1300. The molecule has 2 heterocycles.